The van der Waals surface area contributed by atoms with E-state index >= 15 is 0 Å². The fourth-order valence-corrected chi connectivity index (χ4v) is 2.06. The van der Waals surface area contributed by atoms with Crippen LogP contribution >= 0.6 is 11.6 Å². The van der Waals surface area contributed by atoms with Crippen LogP contribution in [0.5, 0.6) is 0 Å². The Labute approximate surface area is 122 Å². The molecular weight excluding hydrogens is 276 g/mol. The number of carbonyl (C=O) groups is 2. The van der Waals surface area contributed by atoms with Gasteiger partial charge >= 0.3 is 5.97 Å². The molecule has 0 N–H and O–H groups in total. The molecule has 1 unspecified atom stereocenters. The highest BCUT2D eigenvalue weighted by molar-refractivity contribution is 6.30. The third-order valence-corrected chi connectivity index (χ3v) is 3.32. The van der Waals surface area contributed by atoms with E-state index in [1.807, 2.05) is 6.07 Å². The van der Waals surface area contributed by atoms with Crippen LogP contribution in [-0.2, 0) is 9.53 Å². The Bertz CT molecular complexity index is 623. The predicted octanol–water partition coefficient (Wildman–Crippen LogP) is 3.37. The van der Waals surface area contributed by atoms with Crippen molar-refractivity contribution in [2.75, 3.05) is 7.11 Å². The molecule has 0 spiro atoms. The average Bonchev–Trinajstić information content (AvgIpc) is 2.53. The molecule has 0 aliphatic heterocycles. The van der Waals surface area contributed by atoms with Gasteiger partial charge in [-0.3, -0.25) is 9.59 Å². The van der Waals surface area contributed by atoms with Gasteiger partial charge in [-0.05, 0) is 11.6 Å². The predicted molar refractivity (Wildman–Crippen MR) is 76.9 cm³/mol. The molecule has 0 saturated carbocycles. The minimum atomic E-state index is -0.913. The number of benzene rings is 2. The second-order valence-electron chi connectivity index (χ2n) is 4.21. The second-order valence-corrected chi connectivity index (χ2v) is 4.64. The summed E-state index contributed by atoms with van der Waals surface area (Å²) in [6.45, 7) is 0. The largest absolute Gasteiger partial charge is 0.468 e. The van der Waals surface area contributed by atoms with E-state index in [1.165, 1.54) is 7.11 Å². The highest BCUT2D eigenvalue weighted by Crippen LogP contribution is 2.23. The molecule has 3 nitrogen and oxygen atoms in total. The number of alkyl halides is 1. The Morgan fingerprint density at radius 3 is 2.30 bits per heavy atom. The molecule has 0 radical (unpaired) electrons. The van der Waals surface area contributed by atoms with Gasteiger partial charge in [0.2, 0.25) is 0 Å². The van der Waals surface area contributed by atoms with Crippen molar-refractivity contribution in [1.82, 2.24) is 0 Å². The highest BCUT2D eigenvalue weighted by Gasteiger charge is 2.19. The summed E-state index contributed by atoms with van der Waals surface area (Å²) in [7, 11) is 1.27. The van der Waals surface area contributed by atoms with E-state index in [2.05, 4.69) is 4.74 Å². The van der Waals surface area contributed by atoms with Crippen LogP contribution in [-0.4, -0.2) is 18.9 Å². The molecule has 2 rings (SSSR count). The van der Waals surface area contributed by atoms with Gasteiger partial charge in [-0.15, -0.1) is 11.6 Å². The van der Waals surface area contributed by atoms with E-state index in [0.29, 0.717) is 16.7 Å². The van der Waals surface area contributed by atoms with Gasteiger partial charge in [0, 0.05) is 11.1 Å². The normalized spacial score (nSPS) is 11.7. The van der Waals surface area contributed by atoms with Gasteiger partial charge in [0.25, 0.3) is 0 Å². The Morgan fingerprint density at radius 1 is 1.00 bits per heavy atom. The van der Waals surface area contributed by atoms with Crippen LogP contribution in [0.1, 0.15) is 26.9 Å². The molecule has 2 aromatic carbocycles. The van der Waals surface area contributed by atoms with Crippen LogP contribution in [0.25, 0.3) is 0 Å². The molecular formula is C16H13ClO3. The molecule has 1 atom stereocenters. The maximum Gasteiger partial charge on any atom is 0.328 e. The first-order valence-corrected chi connectivity index (χ1v) is 6.48. The summed E-state index contributed by atoms with van der Waals surface area (Å²) in [5.41, 5.74) is 1.62. The molecule has 0 aromatic heterocycles. The van der Waals surface area contributed by atoms with E-state index in [-0.39, 0.29) is 5.78 Å². The summed E-state index contributed by atoms with van der Waals surface area (Å²) in [6, 6.07) is 15.6. The lowest BCUT2D eigenvalue weighted by Gasteiger charge is -2.09. The lowest BCUT2D eigenvalue weighted by atomic mass is 10.0. The first kappa shape index (κ1) is 14.3. The van der Waals surface area contributed by atoms with Crippen molar-refractivity contribution in [2.24, 2.45) is 0 Å². The van der Waals surface area contributed by atoms with Gasteiger partial charge in [0.05, 0.1) is 7.11 Å². The maximum absolute atomic E-state index is 12.3. The summed E-state index contributed by atoms with van der Waals surface area (Å²) >= 11 is 5.99. The van der Waals surface area contributed by atoms with Gasteiger partial charge in [-0.2, -0.15) is 0 Å². The number of hydrogen-bond acceptors (Lipinski definition) is 3. The van der Waals surface area contributed by atoms with Crippen molar-refractivity contribution in [3.8, 4) is 0 Å². The third-order valence-electron chi connectivity index (χ3n) is 2.89. The monoisotopic (exact) mass is 288 g/mol. The lowest BCUT2D eigenvalue weighted by molar-refractivity contribution is -0.140. The van der Waals surface area contributed by atoms with Crippen LogP contribution in [0.4, 0.5) is 0 Å². The molecule has 0 aliphatic rings. The molecule has 0 saturated heterocycles. The number of carbonyl (C=O) groups excluding carboxylic acids is 2. The van der Waals surface area contributed by atoms with Gasteiger partial charge < -0.3 is 4.74 Å². The minimum Gasteiger partial charge on any atom is -0.468 e. The molecule has 4 heteroatoms. The van der Waals surface area contributed by atoms with Crippen LogP contribution in [0.15, 0.2) is 54.6 Å². The quantitative estimate of drug-likeness (QED) is 0.492. The zero-order valence-corrected chi connectivity index (χ0v) is 11.6. The van der Waals surface area contributed by atoms with E-state index in [4.69, 9.17) is 11.6 Å². The number of esters is 1. The molecule has 0 bridgehead atoms. The molecule has 0 amide bonds. The smallest absolute Gasteiger partial charge is 0.328 e. The first-order valence-electron chi connectivity index (χ1n) is 6.05. The second kappa shape index (κ2) is 6.35. The maximum atomic E-state index is 12.3. The number of methoxy groups -OCH3 is 1. The first-order chi connectivity index (χ1) is 9.63. The fourth-order valence-electron chi connectivity index (χ4n) is 1.83. The molecule has 0 aliphatic carbocycles. The summed E-state index contributed by atoms with van der Waals surface area (Å²) < 4.78 is 4.60. The summed E-state index contributed by atoms with van der Waals surface area (Å²) in [6.07, 6.45) is 0. The van der Waals surface area contributed by atoms with E-state index in [1.54, 1.807) is 48.5 Å². The molecule has 102 valence electrons. The number of halogens is 1. The van der Waals surface area contributed by atoms with Gasteiger partial charge in [-0.1, -0.05) is 48.5 Å². The summed E-state index contributed by atoms with van der Waals surface area (Å²) in [5.74, 6) is -0.655. The Hall–Kier alpha value is -2.13. The van der Waals surface area contributed by atoms with Crippen molar-refractivity contribution >= 4 is 23.4 Å². The molecule has 0 heterocycles. The number of rotatable bonds is 4. The topological polar surface area (TPSA) is 43.4 Å². The van der Waals surface area contributed by atoms with E-state index < -0.39 is 11.3 Å². The van der Waals surface area contributed by atoms with Gasteiger partial charge in [0.1, 0.15) is 0 Å². The van der Waals surface area contributed by atoms with E-state index in [9.17, 15) is 9.59 Å². The molecule has 2 aromatic rings. The van der Waals surface area contributed by atoms with E-state index in [0.717, 1.165) is 0 Å². The van der Waals surface area contributed by atoms with Crippen molar-refractivity contribution in [1.29, 1.82) is 0 Å². The average molecular weight is 289 g/mol. The van der Waals surface area contributed by atoms with Crippen LogP contribution in [0.3, 0.4) is 0 Å². The molecule has 20 heavy (non-hydrogen) atoms. The van der Waals surface area contributed by atoms with Crippen molar-refractivity contribution in [3.05, 3.63) is 71.3 Å². The van der Waals surface area contributed by atoms with Crippen LogP contribution < -0.4 is 0 Å². The SMILES string of the molecule is COC(=O)C(Cl)c1cccc(C(=O)c2ccccc2)c1. The number of ketones is 1. The summed E-state index contributed by atoms with van der Waals surface area (Å²) in [5, 5.41) is -0.913. The standard InChI is InChI=1S/C16H13ClO3/c1-20-16(19)14(17)12-8-5-9-13(10-12)15(18)11-6-3-2-4-7-11/h2-10,14H,1H3. The van der Waals surface area contributed by atoms with Crippen molar-refractivity contribution < 1.29 is 14.3 Å². The highest BCUT2D eigenvalue weighted by atomic mass is 35.5. The summed E-state index contributed by atoms with van der Waals surface area (Å²) in [4.78, 5) is 23.7. The van der Waals surface area contributed by atoms with Crippen molar-refractivity contribution in [3.63, 3.8) is 0 Å². The lowest BCUT2D eigenvalue weighted by Crippen LogP contribution is -2.10. The van der Waals surface area contributed by atoms with Crippen LogP contribution in [0.2, 0.25) is 0 Å². The third kappa shape index (κ3) is 3.06. The Balaban J connectivity index is 2.31. The zero-order chi connectivity index (χ0) is 14.5. The van der Waals surface area contributed by atoms with Gasteiger partial charge in [-0.25, -0.2) is 0 Å². The van der Waals surface area contributed by atoms with Crippen molar-refractivity contribution in [2.45, 2.75) is 5.38 Å². The number of hydrogen-bond donors (Lipinski definition) is 0. The number of ether oxygens (including phenoxy) is 1. The minimum absolute atomic E-state index is 0.110. The van der Waals surface area contributed by atoms with Crippen LogP contribution in [0, 0.1) is 0 Å². The Kier molecular flexibility index (Phi) is 4.53. The fraction of sp³-hybridized carbons (Fsp3) is 0.125. The zero-order valence-electron chi connectivity index (χ0n) is 10.9. The molecule has 0 fully saturated rings. The Morgan fingerprint density at radius 2 is 1.65 bits per heavy atom. The van der Waals surface area contributed by atoms with Gasteiger partial charge in [0.15, 0.2) is 11.2 Å².